The van der Waals surface area contributed by atoms with Crippen molar-refractivity contribution < 1.29 is 28.9 Å². The van der Waals surface area contributed by atoms with Crippen molar-refractivity contribution in [1.82, 2.24) is 14.6 Å². The molecule has 0 radical (unpaired) electrons. The van der Waals surface area contributed by atoms with E-state index in [1.807, 2.05) is 78.9 Å². The predicted molar refractivity (Wildman–Crippen MR) is 156 cm³/mol. The van der Waals surface area contributed by atoms with E-state index in [0.29, 0.717) is 11.5 Å². The molecule has 2 aliphatic rings. The first-order valence-electron chi connectivity index (χ1n) is 13.8. The average Bonchev–Trinajstić information content (AvgIpc) is 3.23. The van der Waals surface area contributed by atoms with Crippen molar-refractivity contribution in [2.45, 2.75) is 29.6 Å². The number of H-pyrrole nitrogens is 1. The Morgan fingerprint density at radius 3 is 2.05 bits per heavy atom. The number of nitrogens with zero attached hydrogens (tertiary/aromatic N) is 2. The SMILES string of the molecule is COc1ccc(C(OC[C@@]23CON(C)[C@@H]([C@H](n4ccc(=O)[nH]c4=O)O2)[C@@H]3O)(c2ccccc2)c2ccc(OC)cc2)cc1. The Morgan fingerprint density at radius 2 is 1.49 bits per heavy atom. The Kier molecular flexibility index (Phi) is 7.67. The highest BCUT2D eigenvalue weighted by Gasteiger charge is 2.62. The Hall–Kier alpha value is -4.26. The average molecular weight is 588 g/mol. The maximum atomic E-state index is 12.7. The second kappa shape index (κ2) is 11.4. The molecule has 3 heterocycles. The van der Waals surface area contributed by atoms with E-state index < -0.39 is 40.8 Å². The molecule has 11 heteroatoms. The van der Waals surface area contributed by atoms with Crippen molar-refractivity contribution in [1.29, 1.82) is 0 Å². The van der Waals surface area contributed by atoms with Crippen LogP contribution < -0.4 is 20.7 Å². The first kappa shape index (κ1) is 28.8. The quantitative estimate of drug-likeness (QED) is 0.284. The van der Waals surface area contributed by atoms with Gasteiger partial charge >= 0.3 is 5.69 Å². The molecule has 0 spiro atoms. The summed E-state index contributed by atoms with van der Waals surface area (Å²) in [6, 6.07) is 25.5. The molecule has 0 saturated carbocycles. The molecule has 0 aliphatic carbocycles. The number of aromatic nitrogens is 2. The highest BCUT2D eigenvalue weighted by molar-refractivity contribution is 5.49. The molecule has 224 valence electrons. The van der Waals surface area contributed by atoms with Gasteiger partial charge in [0.2, 0.25) is 0 Å². The van der Waals surface area contributed by atoms with E-state index in [-0.39, 0.29) is 13.2 Å². The van der Waals surface area contributed by atoms with Crippen LogP contribution in [0.25, 0.3) is 0 Å². The molecule has 1 aromatic heterocycles. The van der Waals surface area contributed by atoms with E-state index in [0.717, 1.165) is 16.7 Å². The van der Waals surface area contributed by atoms with Crippen molar-refractivity contribution in [3.05, 3.63) is 129 Å². The van der Waals surface area contributed by atoms with Crippen molar-refractivity contribution in [3.8, 4) is 11.5 Å². The fraction of sp³-hybridized carbons (Fsp3) is 0.312. The van der Waals surface area contributed by atoms with Crippen LogP contribution in [-0.4, -0.2) is 71.9 Å². The van der Waals surface area contributed by atoms with E-state index >= 15 is 0 Å². The summed E-state index contributed by atoms with van der Waals surface area (Å²) in [6.45, 7) is -0.147. The zero-order valence-corrected chi connectivity index (χ0v) is 24.0. The van der Waals surface area contributed by atoms with Crippen LogP contribution in [0.15, 0.2) is 101 Å². The van der Waals surface area contributed by atoms with Gasteiger partial charge in [0, 0.05) is 19.3 Å². The van der Waals surface area contributed by atoms with Gasteiger partial charge < -0.3 is 24.1 Å². The van der Waals surface area contributed by atoms with Gasteiger partial charge in [-0.15, -0.1) is 0 Å². The molecular formula is C32H33N3O8. The zero-order valence-electron chi connectivity index (χ0n) is 24.0. The standard InChI is InChI=1S/C32H33N3O8/c1-34-27-28(37)31(20-42-34,43-29(27)35-18-17-26(36)33-30(35)38)19-41-32(21-7-5-4-6-8-21,22-9-13-24(39-2)14-10-22)23-11-15-25(40-3)16-12-23/h4-18,27-29,37H,19-20H2,1-3H3,(H,33,36,38)/t27-,28+,29-,31+/m1/s1. The first-order valence-corrected chi connectivity index (χ1v) is 13.8. The first-order chi connectivity index (χ1) is 20.8. The van der Waals surface area contributed by atoms with Crippen LogP contribution in [0.4, 0.5) is 0 Å². The summed E-state index contributed by atoms with van der Waals surface area (Å²) in [5.74, 6) is 1.38. The molecular weight excluding hydrogens is 554 g/mol. The number of methoxy groups -OCH3 is 2. The number of ether oxygens (including phenoxy) is 4. The molecule has 2 aliphatic heterocycles. The van der Waals surface area contributed by atoms with Crippen LogP contribution in [0.1, 0.15) is 22.9 Å². The smallest absolute Gasteiger partial charge is 0.330 e. The lowest BCUT2D eigenvalue weighted by molar-refractivity contribution is -0.262. The molecule has 2 saturated heterocycles. The molecule has 0 amide bonds. The summed E-state index contributed by atoms with van der Waals surface area (Å²) in [5, 5.41) is 13.2. The zero-order chi connectivity index (χ0) is 30.2. The molecule has 2 bridgehead atoms. The van der Waals surface area contributed by atoms with E-state index in [2.05, 4.69) is 4.98 Å². The van der Waals surface area contributed by atoms with Crippen LogP contribution in [-0.2, 0) is 19.9 Å². The van der Waals surface area contributed by atoms with E-state index in [1.54, 1.807) is 21.3 Å². The van der Waals surface area contributed by atoms with Crippen LogP contribution in [0.2, 0.25) is 0 Å². The van der Waals surface area contributed by atoms with Crippen LogP contribution in [0.5, 0.6) is 11.5 Å². The Labute approximate surface area is 247 Å². The maximum absolute atomic E-state index is 12.7. The van der Waals surface area contributed by atoms with E-state index in [1.165, 1.54) is 21.9 Å². The Bertz CT molecular complexity index is 1620. The van der Waals surface area contributed by atoms with Crippen molar-refractivity contribution in [3.63, 3.8) is 0 Å². The number of hydrogen-bond acceptors (Lipinski definition) is 9. The molecule has 4 aromatic rings. The molecule has 6 rings (SSSR count). The van der Waals surface area contributed by atoms with Gasteiger partial charge in [-0.05, 0) is 41.0 Å². The van der Waals surface area contributed by atoms with Crippen LogP contribution in [0, 0.1) is 0 Å². The summed E-state index contributed by atoms with van der Waals surface area (Å²) in [6.07, 6.45) is -0.705. The van der Waals surface area contributed by atoms with Gasteiger partial charge in [-0.2, -0.15) is 5.06 Å². The maximum Gasteiger partial charge on any atom is 0.330 e. The lowest BCUT2D eigenvalue weighted by Crippen LogP contribution is -2.60. The third-order valence-electron chi connectivity index (χ3n) is 8.27. The van der Waals surface area contributed by atoms with Crippen LogP contribution >= 0.6 is 0 Å². The summed E-state index contributed by atoms with van der Waals surface area (Å²) in [7, 11) is 4.89. The van der Waals surface area contributed by atoms with Gasteiger partial charge in [0.15, 0.2) is 6.23 Å². The second-order valence-electron chi connectivity index (χ2n) is 10.6. The number of fused-ring (bicyclic) bond motifs is 2. The second-order valence-corrected chi connectivity index (χ2v) is 10.6. The summed E-state index contributed by atoms with van der Waals surface area (Å²) in [4.78, 5) is 32.7. The molecule has 43 heavy (non-hydrogen) atoms. The van der Waals surface area contributed by atoms with E-state index in [9.17, 15) is 14.7 Å². The minimum absolute atomic E-state index is 0.0358. The lowest BCUT2D eigenvalue weighted by atomic mass is 9.79. The number of benzene rings is 3. The summed E-state index contributed by atoms with van der Waals surface area (Å²) < 4.78 is 25.6. The largest absolute Gasteiger partial charge is 0.497 e. The van der Waals surface area contributed by atoms with Crippen LogP contribution in [0.3, 0.4) is 0 Å². The summed E-state index contributed by atoms with van der Waals surface area (Å²) >= 11 is 0. The van der Waals surface area contributed by atoms with Gasteiger partial charge in [-0.1, -0.05) is 54.6 Å². The molecule has 3 aromatic carbocycles. The molecule has 0 unspecified atom stereocenters. The normalized spacial score (nSPS) is 23.7. The lowest BCUT2D eigenvalue weighted by Gasteiger charge is -2.43. The predicted octanol–water partition coefficient (Wildman–Crippen LogP) is 2.44. The highest BCUT2D eigenvalue weighted by Crippen LogP contribution is 2.47. The van der Waals surface area contributed by atoms with Gasteiger partial charge in [0.25, 0.3) is 5.56 Å². The molecule has 11 nitrogen and oxygen atoms in total. The third kappa shape index (κ3) is 4.94. The van der Waals surface area contributed by atoms with Crippen molar-refractivity contribution in [2.24, 2.45) is 0 Å². The molecule has 2 N–H and O–H groups in total. The summed E-state index contributed by atoms with van der Waals surface area (Å²) in [5.41, 5.74) is -1.23. The Morgan fingerprint density at radius 1 is 0.907 bits per heavy atom. The van der Waals surface area contributed by atoms with Crippen molar-refractivity contribution in [2.75, 3.05) is 34.5 Å². The number of aromatic amines is 1. The fourth-order valence-electron chi connectivity index (χ4n) is 5.96. The van der Waals surface area contributed by atoms with Gasteiger partial charge in [-0.25, -0.2) is 4.79 Å². The minimum atomic E-state index is -1.35. The number of likely N-dealkylation sites (N-methyl/N-ethyl adjacent to an activating group) is 1. The third-order valence-corrected chi connectivity index (χ3v) is 8.27. The Balaban J connectivity index is 1.46. The number of nitrogens with one attached hydrogen (secondary N) is 1. The number of hydrogen-bond donors (Lipinski definition) is 2. The fourth-order valence-corrected chi connectivity index (χ4v) is 5.96. The van der Waals surface area contributed by atoms with E-state index in [4.69, 9.17) is 23.8 Å². The van der Waals surface area contributed by atoms with Gasteiger partial charge in [0.1, 0.15) is 41.5 Å². The van der Waals surface area contributed by atoms with Crippen molar-refractivity contribution >= 4 is 0 Å². The monoisotopic (exact) mass is 587 g/mol. The van der Waals surface area contributed by atoms with Gasteiger partial charge in [-0.3, -0.25) is 19.2 Å². The minimum Gasteiger partial charge on any atom is -0.497 e. The molecule has 2 fully saturated rings. The number of aliphatic hydroxyl groups is 1. The van der Waals surface area contributed by atoms with Gasteiger partial charge in [0.05, 0.1) is 20.8 Å². The topological polar surface area (TPSA) is 124 Å². The number of aliphatic hydroxyl groups excluding tert-OH is 1. The number of hydroxylamine groups is 2. The molecule has 4 atom stereocenters. The highest BCUT2D eigenvalue weighted by atomic mass is 16.7. The number of rotatable bonds is 9.